The summed E-state index contributed by atoms with van der Waals surface area (Å²) in [6.07, 6.45) is 2.64. The molecule has 2 aromatic rings. The van der Waals surface area contributed by atoms with E-state index < -0.39 is 0 Å². The lowest BCUT2D eigenvalue weighted by Crippen LogP contribution is -2.06. The van der Waals surface area contributed by atoms with Gasteiger partial charge in [-0.3, -0.25) is 0 Å². The van der Waals surface area contributed by atoms with Crippen LogP contribution in [0.4, 0.5) is 5.82 Å². The SMILES string of the molecule is CCNc1nc(-c2cccc(C3CC3)c2)nc(C)c1I. The number of benzene rings is 1. The van der Waals surface area contributed by atoms with E-state index in [1.807, 2.05) is 6.92 Å². The average Bonchev–Trinajstić information content (AvgIpc) is 3.28. The highest BCUT2D eigenvalue weighted by molar-refractivity contribution is 14.1. The van der Waals surface area contributed by atoms with Crippen molar-refractivity contribution in [2.75, 3.05) is 11.9 Å². The molecule has 3 rings (SSSR count). The number of nitrogens with one attached hydrogen (secondary N) is 1. The maximum Gasteiger partial charge on any atom is 0.161 e. The number of aromatic nitrogens is 2. The predicted octanol–water partition coefficient (Wildman–Crippen LogP) is 4.37. The molecule has 20 heavy (non-hydrogen) atoms. The second-order valence-corrected chi connectivity index (χ2v) is 6.30. The van der Waals surface area contributed by atoms with E-state index in [0.29, 0.717) is 0 Å². The maximum atomic E-state index is 4.68. The number of hydrogen-bond donors (Lipinski definition) is 1. The molecule has 1 N–H and O–H groups in total. The van der Waals surface area contributed by atoms with Gasteiger partial charge in [0.15, 0.2) is 5.82 Å². The van der Waals surface area contributed by atoms with E-state index in [9.17, 15) is 0 Å². The molecule has 4 heteroatoms. The predicted molar refractivity (Wildman–Crippen MR) is 91.1 cm³/mol. The van der Waals surface area contributed by atoms with Gasteiger partial charge in [-0.05, 0) is 66.8 Å². The highest BCUT2D eigenvalue weighted by atomic mass is 127. The molecule has 1 aromatic heterocycles. The molecular weight excluding hydrogens is 361 g/mol. The van der Waals surface area contributed by atoms with Gasteiger partial charge in [-0.2, -0.15) is 0 Å². The molecule has 3 nitrogen and oxygen atoms in total. The molecule has 0 amide bonds. The van der Waals surface area contributed by atoms with Crippen molar-refractivity contribution in [3.63, 3.8) is 0 Å². The van der Waals surface area contributed by atoms with E-state index in [2.05, 4.69) is 69.1 Å². The number of nitrogens with zero attached hydrogens (tertiary/aromatic N) is 2. The first-order valence-corrected chi connectivity index (χ1v) is 8.15. The molecule has 1 heterocycles. The number of rotatable bonds is 4. The van der Waals surface area contributed by atoms with E-state index in [4.69, 9.17) is 0 Å². The Bertz CT molecular complexity index is 636. The first-order chi connectivity index (χ1) is 9.69. The zero-order valence-corrected chi connectivity index (χ0v) is 13.9. The lowest BCUT2D eigenvalue weighted by molar-refractivity contribution is 1.06. The Morgan fingerprint density at radius 2 is 2.10 bits per heavy atom. The summed E-state index contributed by atoms with van der Waals surface area (Å²) in [5, 5.41) is 3.32. The van der Waals surface area contributed by atoms with Gasteiger partial charge in [0.05, 0.1) is 9.26 Å². The minimum atomic E-state index is 0.758. The minimum absolute atomic E-state index is 0.758. The summed E-state index contributed by atoms with van der Waals surface area (Å²) in [5.41, 5.74) is 3.57. The van der Waals surface area contributed by atoms with Crippen molar-refractivity contribution in [1.82, 2.24) is 9.97 Å². The summed E-state index contributed by atoms with van der Waals surface area (Å²) < 4.78 is 1.10. The van der Waals surface area contributed by atoms with Gasteiger partial charge in [0.2, 0.25) is 0 Å². The molecule has 0 spiro atoms. The summed E-state index contributed by atoms with van der Waals surface area (Å²) in [5.74, 6) is 2.52. The molecular formula is C16H18IN3. The Kier molecular flexibility index (Phi) is 3.92. The zero-order chi connectivity index (χ0) is 14.1. The summed E-state index contributed by atoms with van der Waals surface area (Å²) >= 11 is 2.30. The Morgan fingerprint density at radius 3 is 2.80 bits per heavy atom. The number of anilines is 1. The monoisotopic (exact) mass is 379 g/mol. The van der Waals surface area contributed by atoms with Crippen LogP contribution in [0, 0.1) is 10.5 Å². The average molecular weight is 379 g/mol. The summed E-state index contributed by atoms with van der Waals surface area (Å²) in [6, 6.07) is 8.68. The van der Waals surface area contributed by atoms with Crippen molar-refractivity contribution in [2.24, 2.45) is 0 Å². The summed E-state index contributed by atoms with van der Waals surface area (Å²) in [7, 11) is 0. The van der Waals surface area contributed by atoms with Crippen LogP contribution in [0.3, 0.4) is 0 Å². The molecule has 1 saturated carbocycles. The fourth-order valence-electron chi connectivity index (χ4n) is 2.32. The van der Waals surface area contributed by atoms with Crippen LogP contribution in [0.2, 0.25) is 0 Å². The Balaban J connectivity index is 2.02. The van der Waals surface area contributed by atoms with E-state index in [1.54, 1.807) is 0 Å². The summed E-state index contributed by atoms with van der Waals surface area (Å²) in [4.78, 5) is 9.33. The van der Waals surface area contributed by atoms with Gasteiger partial charge < -0.3 is 5.32 Å². The smallest absolute Gasteiger partial charge is 0.161 e. The normalized spacial score (nSPS) is 14.3. The lowest BCUT2D eigenvalue weighted by atomic mass is 10.1. The second-order valence-electron chi connectivity index (χ2n) is 5.23. The van der Waals surface area contributed by atoms with Crippen LogP contribution in [-0.4, -0.2) is 16.5 Å². The molecule has 0 radical (unpaired) electrons. The van der Waals surface area contributed by atoms with E-state index >= 15 is 0 Å². The summed E-state index contributed by atoms with van der Waals surface area (Å²) in [6.45, 7) is 4.99. The Morgan fingerprint density at radius 1 is 1.30 bits per heavy atom. The van der Waals surface area contributed by atoms with Crippen molar-refractivity contribution >= 4 is 28.4 Å². The molecule has 0 bridgehead atoms. The third-order valence-corrected chi connectivity index (χ3v) is 4.85. The molecule has 0 aliphatic heterocycles. The number of halogens is 1. The minimum Gasteiger partial charge on any atom is -0.369 e. The lowest BCUT2D eigenvalue weighted by Gasteiger charge is -2.10. The van der Waals surface area contributed by atoms with Gasteiger partial charge in [-0.25, -0.2) is 9.97 Å². The highest BCUT2D eigenvalue weighted by Gasteiger charge is 2.23. The second kappa shape index (κ2) is 5.68. The van der Waals surface area contributed by atoms with E-state index in [-0.39, 0.29) is 0 Å². The van der Waals surface area contributed by atoms with Crippen molar-refractivity contribution < 1.29 is 0 Å². The standard InChI is InChI=1S/C16H18IN3/c1-3-18-16-14(17)10(2)19-15(20-16)13-6-4-5-12(9-13)11-7-8-11/h4-6,9,11H,3,7-8H2,1-2H3,(H,18,19,20). The van der Waals surface area contributed by atoms with Crippen LogP contribution in [-0.2, 0) is 0 Å². The van der Waals surface area contributed by atoms with E-state index in [0.717, 1.165) is 38.9 Å². The van der Waals surface area contributed by atoms with Crippen LogP contribution in [0.1, 0.15) is 36.9 Å². The topological polar surface area (TPSA) is 37.8 Å². The molecule has 0 unspecified atom stereocenters. The molecule has 1 fully saturated rings. The molecule has 0 atom stereocenters. The van der Waals surface area contributed by atoms with Crippen molar-refractivity contribution in [3.8, 4) is 11.4 Å². The Hall–Kier alpha value is -1.17. The maximum absolute atomic E-state index is 4.68. The van der Waals surface area contributed by atoms with Crippen LogP contribution in [0.15, 0.2) is 24.3 Å². The van der Waals surface area contributed by atoms with Crippen molar-refractivity contribution in [3.05, 3.63) is 39.1 Å². The molecule has 0 saturated heterocycles. The van der Waals surface area contributed by atoms with Crippen molar-refractivity contribution in [2.45, 2.75) is 32.6 Å². The van der Waals surface area contributed by atoms with Crippen LogP contribution < -0.4 is 5.32 Å². The third kappa shape index (κ3) is 2.80. The first-order valence-electron chi connectivity index (χ1n) is 7.07. The number of aryl methyl sites for hydroxylation is 1. The van der Waals surface area contributed by atoms with Gasteiger partial charge in [0.25, 0.3) is 0 Å². The molecule has 1 aliphatic rings. The van der Waals surface area contributed by atoms with Crippen LogP contribution >= 0.6 is 22.6 Å². The van der Waals surface area contributed by atoms with Gasteiger partial charge in [0, 0.05) is 12.1 Å². The zero-order valence-electron chi connectivity index (χ0n) is 11.8. The quantitative estimate of drug-likeness (QED) is 0.802. The van der Waals surface area contributed by atoms with Gasteiger partial charge in [-0.1, -0.05) is 18.2 Å². The third-order valence-electron chi connectivity index (χ3n) is 3.55. The van der Waals surface area contributed by atoms with Gasteiger partial charge in [-0.15, -0.1) is 0 Å². The Labute approximate surface area is 133 Å². The molecule has 104 valence electrons. The van der Waals surface area contributed by atoms with Crippen LogP contribution in [0.5, 0.6) is 0 Å². The fourth-order valence-corrected chi connectivity index (χ4v) is 2.75. The number of hydrogen-bond acceptors (Lipinski definition) is 3. The largest absolute Gasteiger partial charge is 0.369 e. The van der Waals surface area contributed by atoms with E-state index in [1.165, 1.54) is 18.4 Å². The van der Waals surface area contributed by atoms with Gasteiger partial charge in [0.1, 0.15) is 5.82 Å². The van der Waals surface area contributed by atoms with Gasteiger partial charge >= 0.3 is 0 Å². The highest BCUT2D eigenvalue weighted by Crippen LogP contribution is 2.40. The van der Waals surface area contributed by atoms with Crippen molar-refractivity contribution in [1.29, 1.82) is 0 Å². The fraction of sp³-hybridized carbons (Fsp3) is 0.375. The first kappa shape index (κ1) is 13.8. The molecule has 1 aromatic carbocycles. The molecule has 1 aliphatic carbocycles. The van der Waals surface area contributed by atoms with Crippen LogP contribution in [0.25, 0.3) is 11.4 Å².